The van der Waals surface area contributed by atoms with Gasteiger partial charge in [0.1, 0.15) is 0 Å². The molecule has 0 radical (unpaired) electrons. The first-order chi connectivity index (χ1) is 7.02. The van der Waals surface area contributed by atoms with Gasteiger partial charge in [-0.2, -0.15) is 0 Å². The molecule has 3 heteroatoms. The van der Waals surface area contributed by atoms with Gasteiger partial charge in [-0.1, -0.05) is 32.0 Å². The second-order valence-electron chi connectivity index (χ2n) is 4.50. The molecule has 1 atom stereocenters. The minimum Gasteiger partial charge on any atom is -0.224 e. The third-order valence-corrected chi connectivity index (χ3v) is 4.97. The fraction of sp³-hybridized carbons (Fsp3) is 0.500. The summed E-state index contributed by atoms with van der Waals surface area (Å²) in [6.45, 7) is 4.30. The number of fused-ring (bicyclic) bond motifs is 1. The molecule has 0 aliphatic carbocycles. The third kappa shape index (κ3) is 1.81. The molecule has 2 rings (SSSR count). The van der Waals surface area contributed by atoms with Crippen LogP contribution in [0.4, 0.5) is 0 Å². The first-order valence-corrected chi connectivity index (χ1v) is 6.99. The summed E-state index contributed by atoms with van der Waals surface area (Å²) in [5.74, 6) is 1.19. The molecule has 0 fully saturated rings. The van der Waals surface area contributed by atoms with Gasteiger partial charge in [-0.05, 0) is 29.9 Å². The van der Waals surface area contributed by atoms with Crippen LogP contribution >= 0.6 is 0 Å². The molecule has 1 aromatic carbocycles. The first kappa shape index (κ1) is 10.7. The van der Waals surface area contributed by atoms with Crippen molar-refractivity contribution in [3.8, 4) is 0 Å². The molecule has 0 unspecified atom stereocenters. The van der Waals surface area contributed by atoms with Gasteiger partial charge in [0.25, 0.3) is 0 Å². The molecule has 0 amide bonds. The van der Waals surface area contributed by atoms with Crippen molar-refractivity contribution in [1.29, 1.82) is 0 Å². The van der Waals surface area contributed by atoms with Crippen molar-refractivity contribution < 1.29 is 8.42 Å². The van der Waals surface area contributed by atoms with Gasteiger partial charge in [-0.15, -0.1) is 0 Å². The van der Waals surface area contributed by atoms with E-state index in [0.29, 0.717) is 22.5 Å². The number of hydrogen-bond acceptors (Lipinski definition) is 2. The maximum Gasteiger partial charge on any atom is 0.178 e. The Labute approximate surface area is 91.2 Å². The molecular formula is C12H16O2S. The average Bonchev–Trinajstić information content (AvgIpc) is 2.17. The Morgan fingerprint density at radius 3 is 2.60 bits per heavy atom. The molecule has 1 heterocycles. The highest BCUT2D eigenvalue weighted by Gasteiger charge is 2.31. The molecule has 1 aromatic rings. The highest BCUT2D eigenvalue weighted by molar-refractivity contribution is 7.91. The topological polar surface area (TPSA) is 34.1 Å². The summed E-state index contributed by atoms with van der Waals surface area (Å²) in [6.07, 6.45) is 0.761. The van der Waals surface area contributed by atoms with Gasteiger partial charge in [0.2, 0.25) is 0 Å². The summed E-state index contributed by atoms with van der Waals surface area (Å²) in [5, 5.41) is 0. The monoisotopic (exact) mass is 224 g/mol. The molecule has 0 saturated carbocycles. The lowest BCUT2D eigenvalue weighted by atomic mass is 9.86. The van der Waals surface area contributed by atoms with E-state index in [2.05, 4.69) is 13.8 Å². The summed E-state index contributed by atoms with van der Waals surface area (Å²) in [5.41, 5.74) is 1.01. The Morgan fingerprint density at radius 1 is 1.27 bits per heavy atom. The number of benzene rings is 1. The van der Waals surface area contributed by atoms with Crippen LogP contribution in [0.5, 0.6) is 0 Å². The van der Waals surface area contributed by atoms with Crippen molar-refractivity contribution in [2.75, 3.05) is 5.75 Å². The lowest BCUT2D eigenvalue weighted by molar-refractivity contribution is 0.464. The lowest BCUT2D eigenvalue weighted by Gasteiger charge is -2.28. The van der Waals surface area contributed by atoms with E-state index in [0.717, 1.165) is 12.0 Å². The second-order valence-corrected chi connectivity index (χ2v) is 6.57. The van der Waals surface area contributed by atoms with Crippen molar-refractivity contribution in [3.05, 3.63) is 29.8 Å². The molecule has 0 bridgehead atoms. The van der Waals surface area contributed by atoms with E-state index in [4.69, 9.17) is 0 Å². The van der Waals surface area contributed by atoms with Crippen LogP contribution in [0, 0.1) is 5.92 Å². The smallest absolute Gasteiger partial charge is 0.178 e. The third-order valence-electron chi connectivity index (χ3n) is 3.16. The van der Waals surface area contributed by atoms with E-state index in [1.165, 1.54) is 0 Å². The predicted octanol–water partition coefficient (Wildman–Crippen LogP) is 2.60. The Hall–Kier alpha value is -0.830. The zero-order valence-electron chi connectivity index (χ0n) is 9.10. The van der Waals surface area contributed by atoms with Crippen molar-refractivity contribution in [2.24, 2.45) is 5.92 Å². The molecular weight excluding hydrogens is 208 g/mol. The summed E-state index contributed by atoms with van der Waals surface area (Å²) >= 11 is 0. The molecule has 15 heavy (non-hydrogen) atoms. The van der Waals surface area contributed by atoms with Crippen molar-refractivity contribution >= 4 is 9.84 Å². The summed E-state index contributed by atoms with van der Waals surface area (Å²) in [7, 11) is -3.01. The Morgan fingerprint density at radius 2 is 1.93 bits per heavy atom. The summed E-state index contributed by atoms with van der Waals surface area (Å²) in [4.78, 5) is 0.551. The van der Waals surface area contributed by atoms with Gasteiger partial charge < -0.3 is 0 Å². The quantitative estimate of drug-likeness (QED) is 0.734. The summed E-state index contributed by atoms with van der Waals surface area (Å²) in [6, 6.07) is 7.42. The van der Waals surface area contributed by atoms with Crippen molar-refractivity contribution in [2.45, 2.75) is 31.1 Å². The Bertz CT molecular complexity index is 460. The SMILES string of the molecule is CC(C)[C@@H]1CCS(=O)(=O)c2ccccc21. The molecule has 0 saturated heterocycles. The number of sulfone groups is 1. The summed E-state index contributed by atoms with van der Waals surface area (Å²) < 4.78 is 23.7. The molecule has 1 aliphatic rings. The minimum atomic E-state index is -3.01. The van der Waals surface area contributed by atoms with Crippen LogP contribution in [0.15, 0.2) is 29.2 Å². The van der Waals surface area contributed by atoms with E-state index in [1.54, 1.807) is 12.1 Å². The van der Waals surface area contributed by atoms with Gasteiger partial charge in [0.05, 0.1) is 10.6 Å². The Kier molecular flexibility index (Phi) is 2.59. The predicted molar refractivity (Wildman–Crippen MR) is 60.7 cm³/mol. The van der Waals surface area contributed by atoms with Gasteiger partial charge in [0, 0.05) is 0 Å². The number of rotatable bonds is 1. The maximum absolute atomic E-state index is 11.8. The molecule has 82 valence electrons. The fourth-order valence-electron chi connectivity index (χ4n) is 2.31. The van der Waals surface area contributed by atoms with E-state index >= 15 is 0 Å². The van der Waals surface area contributed by atoms with E-state index in [1.807, 2.05) is 12.1 Å². The first-order valence-electron chi connectivity index (χ1n) is 5.34. The zero-order chi connectivity index (χ0) is 11.1. The van der Waals surface area contributed by atoms with Crippen LogP contribution in [-0.4, -0.2) is 14.2 Å². The Balaban J connectivity index is 2.59. The van der Waals surface area contributed by atoms with Crippen molar-refractivity contribution in [3.63, 3.8) is 0 Å². The average molecular weight is 224 g/mol. The van der Waals surface area contributed by atoms with Crippen LogP contribution in [0.1, 0.15) is 31.7 Å². The van der Waals surface area contributed by atoms with E-state index in [9.17, 15) is 8.42 Å². The molecule has 0 spiro atoms. The fourth-order valence-corrected chi connectivity index (χ4v) is 3.96. The minimum absolute atomic E-state index is 0.298. The van der Waals surface area contributed by atoms with Gasteiger partial charge in [-0.25, -0.2) is 8.42 Å². The van der Waals surface area contributed by atoms with Gasteiger partial charge >= 0.3 is 0 Å². The van der Waals surface area contributed by atoms with E-state index in [-0.39, 0.29) is 0 Å². The highest BCUT2D eigenvalue weighted by Crippen LogP contribution is 2.37. The van der Waals surface area contributed by atoms with Crippen molar-refractivity contribution in [1.82, 2.24) is 0 Å². The van der Waals surface area contributed by atoms with Crippen LogP contribution in [0.3, 0.4) is 0 Å². The maximum atomic E-state index is 11.8. The molecule has 1 aliphatic heterocycles. The van der Waals surface area contributed by atoms with Crippen LogP contribution < -0.4 is 0 Å². The molecule has 0 aromatic heterocycles. The normalized spacial score (nSPS) is 23.8. The second kappa shape index (κ2) is 3.63. The standard InChI is InChI=1S/C12H16O2S/c1-9(2)10-7-8-15(13,14)12-6-4-3-5-11(10)12/h3-6,9-10H,7-8H2,1-2H3/t10-/m0/s1. The molecule has 2 nitrogen and oxygen atoms in total. The van der Waals surface area contributed by atoms with Crippen LogP contribution in [0.2, 0.25) is 0 Å². The van der Waals surface area contributed by atoms with E-state index < -0.39 is 9.84 Å². The van der Waals surface area contributed by atoms with Crippen LogP contribution in [0.25, 0.3) is 0 Å². The lowest BCUT2D eigenvalue weighted by Crippen LogP contribution is -2.22. The van der Waals surface area contributed by atoms with Gasteiger partial charge in [0.15, 0.2) is 9.84 Å². The molecule has 0 N–H and O–H groups in total. The number of hydrogen-bond donors (Lipinski definition) is 0. The van der Waals surface area contributed by atoms with Gasteiger partial charge in [-0.3, -0.25) is 0 Å². The largest absolute Gasteiger partial charge is 0.224 e. The van der Waals surface area contributed by atoms with Crippen LogP contribution in [-0.2, 0) is 9.84 Å². The zero-order valence-corrected chi connectivity index (χ0v) is 9.92. The highest BCUT2D eigenvalue weighted by atomic mass is 32.2.